The second kappa shape index (κ2) is 7.97. The van der Waals surface area contributed by atoms with Gasteiger partial charge in [-0.3, -0.25) is 4.79 Å². The van der Waals surface area contributed by atoms with Gasteiger partial charge in [-0.05, 0) is 66.6 Å². The van der Waals surface area contributed by atoms with Crippen molar-refractivity contribution >= 4 is 56.3 Å². The Balaban J connectivity index is 1.41. The predicted molar refractivity (Wildman–Crippen MR) is 124 cm³/mol. The summed E-state index contributed by atoms with van der Waals surface area (Å²) in [5.74, 6) is -0.0182. The van der Waals surface area contributed by atoms with Gasteiger partial charge in [-0.15, -0.1) is 0 Å². The molecule has 0 amide bonds. The molecule has 7 heteroatoms. The van der Waals surface area contributed by atoms with Crippen molar-refractivity contribution in [1.82, 2.24) is 0 Å². The Morgan fingerprint density at radius 1 is 1.06 bits per heavy atom. The number of carbonyl (C=O) groups is 2. The van der Waals surface area contributed by atoms with Crippen LogP contribution in [0, 0.1) is 6.92 Å². The first kappa shape index (κ1) is 20.5. The van der Waals surface area contributed by atoms with Gasteiger partial charge >= 0.3 is 5.97 Å². The number of fused-ring (bicyclic) bond motifs is 2. The Bertz CT molecular complexity index is 1430. The van der Waals surface area contributed by atoms with E-state index in [2.05, 4.69) is 15.9 Å². The van der Waals surface area contributed by atoms with E-state index in [0.29, 0.717) is 32.9 Å². The zero-order valence-electron chi connectivity index (χ0n) is 16.6. The predicted octanol–water partition coefficient (Wildman–Crippen LogP) is 6.99. The van der Waals surface area contributed by atoms with E-state index in [1.807, 2.05) is 24.3 Å². The molecule has 32 heavy (non-hydrogen) atoms. The molecule has 1 aliphatic rings. The molecular weight excluding hydrogens is 496 g/mol. The molecule has 4 aromatic rings. The van der Waals surface area contributed by atoms with Crippen molar-refractivity contribution in [2.45, 2.75) is 6.92 Å². The number of ketones is 1. The molecule has 158 valence electrons. The molecule has 0 fully saturated rings. The van der Waals surface area contributed by atoms with Crippen LogP contribution in [0.25, 0.3) is 17.0 Å². The fraction of sp³-hybridized carbons (Fsp3) is 0.0400. The van der Waals surface area contributed by atoms with Gasteiger partial charge in [-0.1, -0.05) is 39.7 Å². The third-order valence-corrected chi connectivity index (χ3v) is 5.77. The molecule has 0 saturated carbocycles. The minimum atomic E-state index is -0.661. The molecule has 1 aromatic heterocycles. The topological polar surface area (TPSA) is 65.7 Å². The lowest BCUT2D eigenvalue weighted by Gasteiger charge is -2.06. The zero-order chi connectivity index (χ0) is 22.4. The Morgan fingerprint density at radius 3 is 2.62 bits per heavy atom. The summed E-state index contributed by atoms with van der Waals surface area (Å²) in [6.45, 7) is 1.77. The lowest BCUT2D eigenvalue weighted by atomic mass is 10.0. The highest BCUT2D eigenvalue weighted by molar-refractivity contribution is 9.10. The van der Waals surface area contributed by atoms with Crippen LogP contribution >= 0.6 is 27.5 Å². The van der Waals surface area contributed by atoms with E-state index in [1.54, 1.807) is 43.3 Å². The maximum atomic E-state index is 12.8. The highest BCUT2D eigenvalue weighted by Crippen LogP contribution is 2.38. The molecule has 5 rings (SSSR count). The molecule has 2 heterocycles. The van der Waals surface area contributed by atoms with E-state index in [-0.39, 0.29) is 23.1 Å². The highest BCUT2D eigenvalue weighted by Gasteiger charge is 2.30. The van der Waals surface area contributed by atoms with E-state index in [0.717, 1.165) is 10.0 Å². The van der Waals surface area contributed by atoms with Crippen LogP contribution < -0.4 is 9.47 Å². The number of rotatable bonds is 3. The van der Waals surface area contributed by atoms with Crippen molar-refractivity contribution in [3.05, 3.63) is 98.4 Å². The maximum Gasteiger partial charge on any atom is 0.379 e. The van der Waals surface area contributed by atoms with Crippen LogP contribution in [0.2, 0.25) is 5.02 Å². The van der Waals surface area contributed by atoms with Gasteiger partial charge in [-0.2, -0.15) is 0 Å². The number of halogens is 2. The molecule has 0 radical (unpaired) electrons. The third kappa shape index (κ3) is 3.83. The smallest absolute Gasteiger partial charge is 0.379 e. The van der Waals surface area contributed by atoms with Crippen molar-refractivity contribution in [2.24, 2.45) is 0 Å². The number of furan rings is 1. The van der Waals surface area contributed by atoms with E-state index in [9.17, 15) is 9.59 Å². The summed E-state index contributed by atoms with van der Waals surface area (Å²) in [6.07, 6.45) is 1.68. The van der Waals surface area contributed by atoms with Gasteiger partial charge in [0.25, 0.3) is 0 Å². The molecular formula is C25H14BrClO5. The molecule has 0 bridgehead atoms. The van der Waals surface area contributed by atoms with Crippen molar-refractivity contribution in [1.29, 1.82) is 0 Å². The Hall–Kier alpha value is -3.35. The average Bonchev–Trinajstić information content (AvgIpc) is 3.30. The highest BCUT2D eigenvalue weighted by atomic mass is 79.9. The van der Waals surface area contributed by atoms with Gasteiger partial charge < -0.3 is 13.9 Å². The standard InChI is InChI=1S/C25H14BrClO5/c1-13-8-18(30-25(29)22-11-15-10-17(27)6-7-19(15)31-22)12-20-23(13)24(28)21(32-20)9-14-2-4-16(26)5-3-14/h2-12H,1H3/b21-9-. The van der Waals surface area contributed by atoms with Gasteiger partial charge in [0.1, 0.15) is 17.1 Å². The number of esters is 1. The third-order valence-electron chi connectivity index (χ3n) is 5.00. The number of hydrogen-bond acceptors (Lipinski definition) is 5. The second-order valence-electron chi connectivity index (χ2n) is 7.29. The van der Waals surface area contributed by atoms with Crippen molar-refractivity contribution in [2.75, 3.05) is 0 Å². The monoisotopic (exact) mass is 508 g/mol. The number of ether oxygens (including phenoxy) is 2. The SMILES string of the molecule is Cc1cc(OC(=O)c2cc3cc(Cl)ccc3o2)cc2c1C(=O)/C(=C/c1ccc(Br)cc1)O2. The van der Waals surface area contributed by atoms with Crippen LogP contribution in [0.3, 0.4) is 0 Å². The van der Waals surface area contributed by atoms with Crippen molar-refractivity contribution in [3.8, 4) is 11.5 Å². The fourth-order valence-corrected chi connectivity index (χ4v) is 3.96. The maximum absolute atomic E-state index is 12.8. The Morgan fingerprint density at radius 2 is 1.84 bits per heavy atom. The molecule has 0 aliphatic carbocycles. The second-order valence-corrected chi connectivity index (χ2v) is 8.64. The summed E-state index contributed by atoms with van der Waals surface area (Å²) in [7, 11) is 0. The van der Waals surface area contributed by atoms with E-state index < -0.39 is 5.97 Å². The number of hydrogen-bond donors (Lipinski definition) is 0. The first-order chi connectivity index (χ1) is 15.4. The Kier molecular flexibility index (Phi) is 5.12. The van der Waals surface area contributed by atoms with E-state index >= 15 is 0 Å². The molecule has 0 spiro atoms. The van der Waals surface area contributed by atoms with Crippen LogP contribution in [-0.4, -0.2) is 11.8 Å². The van der Waals surface area contributed by atoms with Crippen LogP contribution in [0.1, 0.15) is 32.0 Å². The molecule has 0 N–H and O–H groups in total. The van der Waals surface area contributed by atoms with Gasteiger partial charge in [-0.25, -0.2) is 4.79 Å². The largest absolute Gasteiger partial charge is 0.452 e. The summed E-state index contributed by atoms with van der Waals surface area (Å²) in [6, 6.07) is 17.3. The van der Waals surface area contributed by atoms with Gasteiger partial charge in [0, 0.05) is 20.9 Å². The molecule has 1 aliphatic heterocycles. The quantitative estimate of drug-likeness (QED) is 0.169. The van der Waals surface area contributed by atoms with Crippen molar-refractivity contribution < 1.29 is 23.5 Å². The average molecular weight is 510 g/mol. The fourth-order valence-electron chi connectivity index (χ4n) is 3.52. The molecule has 0 atom stereocenters. The van der Waals surface area contributed by atoms with Crippen LogP contribution in [-0.2, 0) is 0 Å². The number of carbonyl (C=O) groups excluding carboxylic acids is 2. The lowest BCUT2D eigenvalue weighted by Crippen LogP contribution is -2.07. The van der Waals surface area contributed by atoms with E-state index in [1.165, 1.54) is 6.07 Å². The molecule has 0 unspecified atom stereocenters. The molecule has 3 aromatic carbocycles. The minimum Gasteiger partial charge on any atom is -0.452 e. The molecule has 0 saturated heterocycles. The van der Waals surface area contributed by atoms with E-state index in [4.69, 9.17) is 25.5 Å². The summed E-state index contributed by atoms with van der Waals surface area (Å²) in [4.78, 5) is 25.4. The van der Waals surface area contributed by atoms with Crippen LogP contribution in [0.5, 0.6) is 11.5 Å². The normalized spacial score (nSPS) is 14.0. The number of allylic oxidation sites excluding steroid dienone is 1. The first-order valence-electron chi connectivity index (χ1n) is 9.63. The number of aryl methyl sites for hydroxylation is 1. The summed E-state index contributed by atoms with van der Waals surface area (Å²) in [5, 5.41) is 1.24. The number of Topliss-reactive ketones (excluding diaryl/α,β-unsaturated/α-hetero) is 1. The zero-order valence-corrected chi connectivity index (χ0v) is 19.0. The van der Waals surface area contributed by atoms with Gasteiger partial charge in [0.15, 0.2) is 5.76 Å². The summed E-state index contributed by atoms with van der Waals surface area (Å²) < 4.78 is 17.8. The minimum absolute atomic E-state index is 0.0493. The van der Waals surface area contributed by atoms with Crippen LogP contribution in [0.4, 0.5) is 0 Å². The molecule has 5 nitrogen and oxygen atoms in total. The summed E-state index contributed by atoms with van der Waals surface area (Å²) in [5.41, 5.74) is 2.46. The van der Waals surface area contributed by atoms with Crippen LogP contribution in [0.15, 0.2) is 75.3 Å². The van der Waals surface area contributed by atoms with Crippen molar-refractivity contribution in [3.63, 3.8) is 0 Å². The lowest BCUT2D eigenvalue weighted by molar-refractivity contribution is 0.0703. The van der Waals surface area contributed by atoms with Gasteiger partial charge in [0.05, 0.1) is 5.56 Å². The number of benzene rings is 3. The Labute approximate surface area is 196 Å². The summed E-state index contributed by atoms with van der Waals surface area (Å²) >= 11 is 9.37. The first-order valence-corrected chi connectivity index (χ1v) is 10.8. The van der Waals surface area contributed by atoms with Gasteiger partial charge in [0.2, 0.25) is 11.5 Å².